The van der Waals surface area contributed by atoms with E-state index in [2.05, 4.69) is 12.2 Å². The van der Waals surface area contributed by atoms with Gasteiger partial charge < -0.3 is 14.9 Å². The zero-order valence-electron chi connectivity index (χ0n) is 13.3. The van der Waals surface area contributed by atoms with Gasteiger partial charge >= 0.3 is 0 Å². The summed E-state index contributed by atoms with van der Waals surface area (Å²) >= 11 is 0. The standard InChI is InChI=1S/C13H17NO2.C2H6/c1-2-7-14-13-5-3-11(4-6-13)8-12(9-15)10-16;1-2/h3-6,9-10,12,14H,2,7-8H2,1H3;1-2H3/i9D,10D;. The number of hydrogen-bond donors (Lipinski definition) is 1. The van der Waals surface area contributed by atoms with Crippen LogP contribution in [0.15, 0.2) is 24.3 Å². The zero-order chi connectivity index (χ0) is 15.5. The molecule has 0 aliphatic rings. The van der Waals surface area contributed by atoms with Crippen LogP contribution < -0.4 is 5.32 Å². The molecule has 0 aromatic heterocycles. The monoisotopic (exact) mass is 251 g/mol. The highest BCUT2D eigenvalue weighted by Gasteiger charge is 2.06. The van der Waals surface area contributed by atoms with Gasteiger partial charge in [0.05, 0.1) is 5.92 Å². The van der Waals surface area contributed by atoms with Crippen LogP contribution in [-0.4, -0.2) is 19.1 Å². The lowest BCUT2D eigenvalue weighted by molar-refractivity contribution is -0.119. The molecular formula is C15H23NO2. The molecule has 0 saturated heterocycles. The smallest absolute Gasteiger partial charge is 0.130 e. The molecule has 1 rings (SSSR count). The van der Waals surface area contributed by atoms with Crippen LogP contribution >= 0.6 is 0 Å². The van der Waals surface area contributed by atoms with Crippen molar-refractivity contribution in [3.05, 3.63) is 29.8 Å². The second-order valence-electron chi connectivity index (χ2n) is 3.62. The fourth-order valence-corrected chi connectivity index (χ4v) is 1.37. The van der Waals surface area contributed by atoms with Gasteiger partial charge in [-0.05, 0) is 30.5 Å². The predicted molar refractivity (Wildman–Crippen MR) is 75.9 cm³/mol. The van der Waals surface area contributed by atoms with Crippen LogP contribution in [0.25, 0.3) is 0 Å². The van der Waals surface area contributed by atoms with E-state index in [4.69, 9.17) is 2.74 Å². The van der Waals surface area contributed by atoms with Gasteiger partial charge in [-0.15, -0.1) is 0 Å². The molecule has 0 radical (unpaired) electrons. The highest BCUT2D eigenvalue weighted by molar-refractivity contribution is 5.77. The fourth-order valence-electron chi connectivity index (χ4n) is 1.37. The highest BCUT2D eigenvalue weighted by atomic mass is 16.1. The third-order valence-electron chi connectivity index (χ3n) is 2.26. The number of nitrogens with one attached hydrogen (secondary N) is 1. The van der Waals surface area contributed by atoms with Crippen molar-refractivity contribution >= 4 is 18.2 Å². The Bertz CT molecular complexity index is 404. The van der Waals surface area contributed by atoms with Gasteiger partial charge in [-0.3, -0.25) is 0 Å². The summed E-state index contributed by atoms with van der Waals surface area (Å²) in [5.41, 5.74) is 1.76. The number of aldehydes is 2. The van der Waals surface area contributed by atoms with Gasteiger partial charge in [0.1, 0.15) is 15.3 Å². The summed E-state index contributed by atoms with van der Waals surface area (Å²) in [4.78, 5) is 21.8. The van der Waals surface area contributed by atoms with Crippen molar-refractivity contribution in [2.24, 2.45) is 5.92 Å². The minimum atomic E-state index is -1.17. The second kappa shape index (κ2) is 10.5. The number of rotatable bonds is 7. The van der Waals surface area contributed by atoms with Crippen LogP contribution in [0.2, 0.25) is 0 Å². The van der Waals surface area contributed by atoms with Gasteiger partial charge in [0.15, 0.2) is 0 Å². The second-order valence-corrected chi connectivity index (χ2v) is 3.62. The topological polar surface area (TPSA) is 46.2 Å². The molecule has 0 fully saturated rings. The average molecular weight is 251 g/mol. The quantitative estimate of drug-likeness (QED) is 0.598. The molecule has 0 aliphatic carbocycles. The maximum Gasteiger partial charge on any atom is 0.130 e. The summed E-state index contributed by atoms with van der Waals surface area (Å²) in [5, 5.41) is 3.21. The predicted octanol–water partition coefficient (Wildman–Crippen LogP) is 3.09. The Morgan fingerprint density at radius 2 is 1.78 bits per heavy atom. The molecule has 0 saturated carbocycles. The first-order valence-corrected chi connectivity index (χ1v) is 6.38. The Hall–Kier alpha value is -1.64. The van der Waals surface area contributed by atoms with E-state index in [0.717, 1.165) is 24.2 Å². The van der Waals surface area contributed by atoms with Crippen LogP contribution in [0.5, 0.6) is 0 Å². The Morgan fingerprint density at radius 1 is 1.22 bits per heavy atom. The molecule has 0 amide bonds. The Labute approximate surface area is 112 Å². The van der Waals surface area contributed by atoms with E-state index in [9.17, 15) is 9.59 Å². The number of anilines is 1. The first-order chi connectivity index (χ1) is 9.54. The average Bonchev–Trinajstić information content (AvgIpc) is 2.45. The molecule has 3 heteroatoms. The van der Waals surface area contributed by atoms with Crippen molar-refractivity contribution in [3.63, 3.8) is 0 Å². The van der Waals surface area contributed by atoms with E-state index in [1.54, 1.807) is 12.1 Å². The first kappa shape index (κ1) is 12.8. The minimum absolute atomic E-state index is 0.124. The lowest BCUT2D eigenvalue weighted by Gasteiger charge is -2.06. The Balaban J connectivity index is 0.00000172. The number of carbonyl (C=O) groups excluding carboxylic acids is 2. The number of benzene rings is 1. The normalized spacial score (nSPS) is 10.9. The Kier molecular flexibility index (Phi) is 7.48. The molecule has 1 aromatic carbocycles. The summed E-state index contributed by atoms with van der Waals surface area (Å²) in [6.07, 6.45) is -0.838. The molecule has 0 spiro atoms. The SMILES string of the molecule is CC.[2H]C(=O)C(Cc1ccc(NCCC)cc1)C([2H])=O. The van der Waals surface area contributed by atoms with Crippen LogP contribution in [-0.2, 0) is 16.0 Å². The molecular weight excluding hydrogens is 226 g/mol. The van der Waals surface area contributed by atoms with Crippen molar-refractivity contribution < 1.29 is 12.3 Å². The van der Waals surface area contributed by atoms with E-state index in [-0.39, 0.29) is 6.42 Å². The molecule has 0 atom stereocenters. The van der Waals surface area contributed by atoms with Crippen molar-refractivity contribution in [2.45, 2.75) is 33.6 Å². The minimum Gasteiger partial charge on any atom is -0.385 e. The zero-order valence-corrected chi connectivity index (χ0v) is 11.3. The van der Waals surface area contributed by atoms with Crippen molar-refractivity contribution in [3.8, 4) is 0 Å². The maximum absolute atomic E-state index is 10.9. The molecule has 3 nitrogen and oxygen atoms in total. The molecule has 0 bridgehead atoms. The lowest BCUT2D eigenvalue weighted by Crippen LogP contribution is -2.07. The summed E-state index contributed by atoms with van der Waals surface area (Å²) in [7, 11) is 0. The van der Waals surface area contributed by atoms with Crippen molar-refractivity contribution in [1.82, 2.24) is 0 Å². The first-order valence-electron chi connectivity index (χ1n) is 7.38. The molecule has 0 aliphatic heterocycles. The third-order valence-corrected chi connectivity index (χ3v) is 2.26. The van der Waals surface area contributed by atoms with Crippen LogP contribution in [0.3, 0.4) is 0 Å². The van der Waals surface area contributed by atoms with Crippen LogP contribution in [0.1, 0.15) is 35.5 Å². The third kappa shape index (κ3) is 6.18. The van der Waals surface area contributed by atoms with Crippen LogP contribution in [0, 0.1) is 5.92 Å². The summed E-state index contributed by atoms with van der Waals surface area (Å²) < 4.78 is 13.9. The summed E-state index contributed by atoms with van der Waals surface area (Å²) in [5.74, 6) is -1.17. The fraction of sp³-hybridized carbons (Fsp3) is 0.467. The van der Waals surface area contributed by atoms with Gasteiger partial charge in [0.2, 0.25) is 0 Å². The van der Waals surface area contributed by atoms with Crippen molar-refractivity contribution in [2.75, 3.05) is 11.9 Å². The van der Waals surface area contributed by atoms with E-state index in [0.29, 0.717) is 0 Å². The molecule has 18 heavy (non-hydrogen) atoms. The largest absolute Gasteiger partial charge is 0.385 e. The summed E-state index contributed by atoms with van der Waals surface area (Å²) in [6.45, 7) is 6.96. The molecule has 0 unspecified atom stereocenters. The van der Waals surface area contributed by atoms with E-state index in [1.165, 1.54) is 0 Å². The van der Waals surface area contributed by atoms with Crippen LogP contribution in [0.4, 0.5) is 5.69 Å². The molecule has 1 N–H and O–H groups in total. The Morgan fingerprint density at radius 3 is 2.22 bits per heavy atom. The van der Waals surface area contributed by atoms with Crippen molar-refractivity contribution in [1.29, 1.82) is 0 Å². The molecule has 1 aromatic rings. The summed E-state index contributed by atoms with van der Waals surface area (Å²) in [6, 6.07) is 7.34. The van der Waals surface area contributed by atoms with Gasteiger partial charge in [0.25, 0.3) is 0 Å². The van der Waals surface area contributed by atoms with Gasteiger partial charge in [-0.2, -0.15) is 0 Å². The molecule has 0 heterocycles. The van der Waals surface area contributed by atoms with Gasteiger partial charge in [-0.1, -0.05) is 32.9 Å². The number of hydrogen-bond acceptors (Lipinski definition) is 3. The van der Waals surface area contributed by atoms with E-state index >= 15 is 0 Å². The number of carbonyl (C=O) groups is 2. The van der Waals surface area contributed by atoms with E-state index < -0.39 is 18.4 Å². The van der Waals surface area contributed by atoms with E-state index in [1.807, 2.05) is 26.0 Å². The maximum atomic E-state index is 10.9. The van der Waals surface area contributed by atoms with Gasteiger partial charge in [-0.25, -0.2) is 0 Å². The lowest BCUT2D eigenvalue weighted by atomic mass is 10.0. The highest BCUT2D eigenvalue weighted by Crippen LogP contribution is 2.12. The van der Waals surface area contributed by atoms with Gasteiger partial charge in [0, 0.05) is 12.2 Å². The molecule has 100 valence electrons.